The van der Waals surface area contributed by atoms with Crippen LogP contribution in [0.3, 0.4) is 0 Å². The van der Waals surface area contributed by atoms with Gasteiger partial charge in [-0.05, 0) is 19.9 Å². The molecule has 0 fully saturated rings. The summed E-state index contributed by atoms with van der Waals surface area (Å²) in [6, 6.07) is 7.16. The van der Waals surface area contributed by atoms with Crippen molar-refractivity contribution in [3.63, 3.8) is 0 Å². The summed E-state index contributed by atoms with van der Waals surface area (Å²) in [5.74, 6) is -1.25. The van der Waals surface area contributed by atoms with E-state index < -0.39 is 11.5 Å². The molecule has 2 heterocycles. The highest BCUT2D eigenvalue weighted by molar-refractivity contribution is 6.11. The van der Waals surface area contributed by atoms with Crippen molar-refractivity contribution in [3.05, 3.63) is 40.2 Å². The summed E-state index contributed by atoms with van der Waals surface area (Å²) in [5, 5.41) is 14.5. The number of benzene rings is 1. The molecule has 0 aliphatic rings. The fraction of sp³-hybridized carbons (Fsp3) is 0.214. The molecule has 0 aliphatic carbocycles. The maximum Gasteiger partial charge on any atom is 0.343 e. The van der Waals surface area contributed by atoms with E-state index in [1.165, 1.54) is 4.68 Å². The van der Waals surface area contributed by atoms with Gasteiger partial charge in [0.2, 0.25) is 0 Å². The first-order valence-electron chi connectivity index (χ1n) is 6.27. The van der Waals surface area contributed by atoms with Gasteiger partial charge in [-0.1, -0.05) is 18.2 Å². The molecule has 0 unspecified atom stereocenters. The van der Waals surface area contributed by atoms with Crippen molar-refractivity contribution < 1.29 is 9.90 Å². The largest absolute Gasteiger partial charge is 0.477 e. The average molecular weight is 271 g/mol. The van der Waals surface area contributed by atoms with Crippen molar-refractivity contribution in [2.45, 2.75) is 19.9 Å². The Labute approximate surface area is 113 Å². The van der Waals surface area contributed by atoms with E-state index in [9.17, 15) is 14.7 Å². The lowest BCUT2D eigenvalue weighted by Crippen LogP contribution is -2.30. The second-order valence-electron chi connectivity index (χ2n) is 4.92. The van der Waals surface area contributed by atoms with Crippen LogP contribution in [0.5, 0.6) is 0 Å². The fourth-order valence-electron chi connectivity index (χ4n) is 2.33. The van der Waals surface area contributed by atoms with E-state index in [0.29, 0.717) is 5.52 Å². The minimum absolute atomic E-state index is 0.210. The monoisotopic (exact) mass is 271 g/mol. The molecule has 6 nitrogen and oxygen atoms in total. The van der Waals surface area contributed by atoms with Gasteiger partial charge in [0.1, 0.15) is 5.52 Å². The minimum atomic E-state index is -1.25. The van der Waals surface area contributed by atoms with Gasteiger partial charge in [0.15, 0.2) is 5.56 Å². The Hall–Kier alpha value is -2.63. The summed E-state index contributed by atoms with van der Waals surface area (Å²) in [7, 11) is 0. The van der Waals surface area contributed by atoms with Gasteiger partial charge < -0.3 is 10.1 Å². The van der Waals surface area contributed by atoms with Crippen molar-refractivity contribution in [3.8, 4) is 0 Å². The molecule has 0 bridgehead atoms. The van der Waals surface area contributed by atoms with Gasteiger partial charge in [-0.25, -0.2) is 9.48 Å². The molecule has 0 aliphatic heterocycles. The Morgan fingerprint density at radius 1 is 1.35 bits per heavy atom. The van der Waals surface area contributed by atoms with Gasteiger partial charge in [-0.3, -0.25) is 4.79 Å². The number of aromatic nitrogens is 3. The number of aromatic amines is 1. The zero-order valence-corrected chi connectivity index (χ0v) is 11.0. The Kier molecular flexibility index (Phi) is 2.60. The van der Waals surface area contributed by atoms with Gasteiger partial charge in [-0.2, -0.15) is 5.10 Å². The number of H-pyrrole nitrogens is 1. The third kappa shape index (κ3) is 1.61. The number of carboxylic acids is 1. The summed E-state index contributed by atoms with van der Waals surface area (Å²) >= 11 is 0. The van der Waals surface area contributed by atoms with Gasteiger partial charge in [0, 0.05) is 10.9 Å². The predicted octanol–water partition coefficient (Wildman–Crippen LogP) is 2.16. The third-order valence-corrected chi connectivity index (χ3v) is 3.26. The van der Waals surface area contributed by atoms with Crippen LogP contribution < -0.4 is 5.56 Å². The second kappa shape index (κ2) is 4.19. The normalized spacial score (nSPS) is 11.6. The van der Waals surface area contributed by atoms with Gasteiger partial charge in [-0.15, -0.1) is 0 Å². The molecule has 6 heteroatoms. The fourth-order valence-corrected chi connectivity index (χ4v) is 2.33. The molecule has 0 saturated carbocycles. The van der Waals surface area contributed by atoms with Gasteiger partial charge in [0.25, 0.3) is 5.56 Å². The van der Waals surface area contributed by atoms with E-state index in [1.54, 1.807) is 13.8 Å². The van der Waals surface area contributed by atoms with Crippen LogP contribution >= 0.6 is 0 Å². The number of fused-ring (bicyclic) bond motifs is 3. The molecular weight excluding hydrogens is 258 g/mol. The number of hydrogen-bond acceptors (Lipinski definition) is 3. The Bertz CT molecular complexity index is 890. The molecule has 0 atom stereocenters. The van der Waals surface area contributed by atoms with Crippen molar-refractivity contribution in [2.24, 2.45) is 0 Å². The summed E-state index contributed by atoms with van der Waals surface area (Å²) in [6.07, 6.45) is 0. The lowest BCUT2D eigenvalue weighted by Gasteiger charge is -2.09. The highest BCUT2D eigenvalue weighted by Crippen LogP contribution is 2.24. The van der Waals surface area contributed by atoms with Crippen LogP contribution in [-0.4, -0.2) is 25.8 Å². The molecule has 0 spiro atoms. The van der Waals surface area contributed by atoms with Crippen LogP contribution in [0.1, 0.15) is 30.2 Å². The Morgan fingerprint density at radius 3 is 2.70 bits per heavy atom. The summed E-state index contributed by atoms with van der Waals surface area (Å²) in [5.41, 5.74) is 0.691. The van der Waals surface area contributed by atoms with E-state index in [4.69, 9.17) is 0 Å². The van der Waals surface area contributed by atoms with Crippen molar-refractivity contribution in [1.29, 1.82) is 0 Å². The molecule has 102 valence electrons. The molecule has 0 saturated heterocycles. The van der Waals surface area contributed by atoms with Crippen molar-refractivity contribution in [2.75, 3.05) is 0 Å². The van der Waals surface area contributed by atoms with Crippen LogP contribution in [0, 0.1) is 0 Å². The van der Waals surface area contributed by atoms with E-state index >= 15 is 0 Å². The van der Waals surface area contributed by atoms with E-state index in [-0.39, 0.29) is 17.1 Å². The predicted molar refractivity (Wildman–Crippen MR) is 75.2 cm³/mol. The summed E-state index contributed by atoms with van der Waals surface area (Å²) in [6.45, 7) is 3.58. The smallest absolute Gasteiger partial charge is 0.343 e. The molecule has 20 heavy (non-hydrogen) atoms. The zero-order chi connectivity index (χ0) is 14.4. The van der Waals surface area contributed by atoms with Crippen LogP contribution in [-0.2, 0) is 0 Å². The molecular formula is C14H13N3O3. The lowest BCUT2D eigenvalue weighted by atomic mass is 10.2. The molecule has 3 aromatic rings. The average Bonchev–Trinajstić information content (AvgIpc) is 2.74. The number of nitrogens with zero attached hydrogens (tertiary/aromatic N) is 2. The van der Waals surface area contributed by atoms with Gasteiger partial charge in [0.05, 0.1) is 11.6 Å². The van der Waals surface area contributed by atoms with Crippen LogP contribution in [0.4, 0.5) is 0 Å². The van der Waals surface area contributed by atoms with Crippen molar-refractivity contribution in [1.82, 2.24) is 14.8 Å². The van der Waals surface area contributed by atoms with Gasteiger partial charge >= 0.3 is 5.97 Å². The summed E-state index contributed by atoms with van der Waals surface area (Å²) in [4.78, 5) is 26.6. The SMILES string of the molecule is CC(C)n1nc2c([nH]c3ccccc32)c(C(=O)O)c1=O. The highest BCUT2D eigenvalue weighted by atomic mass is 16.4. The number of aromatic carboxylic acids is 1. The number of carbonyl (C=O) groups is 1. The topological polar surface area (TPSA) is 88.0 Å². The quantitative estimate of drug-likeness (QED) is 0.747. The van der Waals surface area contributed by atoms with Crippen LogP contribution in [0.15, 0.2) is 29.1 Å². The zero-order valence-electron chi connectivity index (χ0n) is 11.0. The molecule has 0 radical (unpaired) electrons. The van der Waals surface area contributed by atoms with Crippen LogP contribution in [0.2, 0.25) is 0 Å². The number of para-hydroxylation sites is 1. The first-order chi connectivity index (χ1) is 9.50. The van der Waals surface area contributed by atoms with Crippen molar-refractivity contribution >= 4 is 27.9 Å². The second-order valence-corrected chi connectivity index (χ2v) is 4.92. The van der Waals surface area contributed by atoms with E-state index in [0.717, 1.165) is 10.9 Å². The number of nitrogens with one attached hydrogen (secondary N) is 1. The first kappa shape index (κ1) is 12.4. The third-order valence-electron chi connectivity index (χ3n) is 3.26. The number of rotatable bonds is 2. The molecule has 2 aromatic heterocycles. The lowest BCUT2D eigenvalue weighted by molar-refractivity contribution is 0.0696. The van der Waals surface area contributed by atoms with E-state index in [1.807, 2.05) is 24.3 Å². The summed E-state index contributed by atoms with van der Waals surface area (Å²) < 4.78 is 1.21. The highest BCUT2D eigenvalue weighted by Gasteiger charge is 2.21. The Balaban J connectivity index is 2.58. The molecule has 3 rings (SSSR count). The number of hydrogen-bond donors (Lipinski definition) is 2. The minimum Gasteiger partial charge on any atom is -0.477 e. The van der Waals surface area contributed by atoms with E-state index in [2.05, 4.69) is 10.1 Å². The Morgan fingerprint density at radius 2 is 2.05 bits per heavy atom. The molecule has 0 amide bonds. The number of carboxylic acid groups (broad SMARTS) is 1. The molecule has 2 N–H and O–H groups in total. The van der Waals surface area contributed by atoms with Crippen LogP contribution in [0.25, 0.3) is 21.9 Å². The standard InChI is InChI=1S/C14H13N3O3/c1-7(2)17-13(18)10(14(19)20)12-11(16-17)8-5-3-4-6-9(8)15-12/h3-7,15H,1-2H3,(H,19,20). The first-order valence-corrected chi connectivity index (χ1v) is 6.27. The molecule has 1 aromatic carbocycles. The maximum absolute atomic E-state index is 12.2. The maximum atomic E-state index is 12.2.